The number of methoxy groups -OCH3 is 1. The summed E-state index contributed by atoms with van der Waals surface area (Å²) in [5.41, 5.74) is 6.04. The summed E-state index contributed by atoms with van der Waals surface area (Å²) in [5, 5.41) is 3.86. The van der Waals surface area contributed by atoms with Crippen LogP contribution in [0.2, 0.25) is 0 Å². The van der Waals surface area contributed by atoms with Crippen molar-refractivity contribution < 1.29 is 22.4 Å². The Hall–Kier alpha value is -4.38. The lowest BCUT2D eigenvalue weighted by molar-refractivity contribution is 0.406. The minimum Gasteiger partial charge on any atom is -0.493 e. The van der Waals surface area contributed by atoms with Crippen molar-refractivity contribution >= 4 is 44.3 Å². The summed E-state index contributed by atoms with van der Waals surface area (Å²) in [6.07, 6.45) is 3.22. The molecule has 0 saturated carbocycles. The number of ether oxygens (including phenoxy) is 1. The standard InChI is InChI=1S/C27H16O5/c1-28-24-14-30-27-25(24)21-13-18(6-8-23(21)32-27)16-4-2-3-15(11-16)17-5-7-22-20(12-17)19-9-10-29-26(19)31-22/h2-14H,1H3. The molecule has 0 radical (unpaired) electrons. The lowest BCUT2D eigenvalue weighted by Gasteiger charge is -2.07. The summed E-state index contributed by atoms with van der Waals surface area (Å²) in [7, 11) is 1.63. The van der Waals surface area contributed by atoms with Crippen LogP contribution in [0.4, 0.5) is 0 Å². The lowest BCUT2D eigenvalue weighted by Crippen LogP contribution is -1.82. The van der Waals surface area contributed by atoms with Gasteiger partial charge in [0.2, 0.25) is 0 Å². The van der Waals surface area contributed by atoms with Gasteiger partial charge in [0.15, 0.2) is 5.75 Å². The summed E-state index contributed by atoms with van der Waals surface area (Å²) in [6, 6.07) is 22.8. The molecule has 0 spiro atoms. The molecule has 0 unspecified atom stereocenters. The van der Waals surface area contributed by atoms with Crippen molar-refractivity contribution in [2.45, 2.75) is 0 Å². The smallest absolute Gasteiger partial charge is 0.302 e. The highest BCUT2D eigenvalue weighted by Gasteiger charge is 2.17. The molecule has 0 fully saturated rings. The van der Waals surface area contributed by atoms with E-state index in [1.165, 1.54) is 0 Å². The molecule has 0 aliphatic rings. The number of furan rings is 4. The van der Waals surface area contributed by atoms with Gasteiger partial charge in [-0.1, -0.05) is 30.3 Å². The second-order valence-corrected chi connectivity index (χ2v) is 7.80. The summed E-state index contributed by atoms with van der Waals surface area (Å²) in [4.78, 5) is 0. The number of rotatable bonds is 3. The number of hydrogen-bond acceptors (Lipinski definition) is 5. The van der Waals surface area contributed by atoms with Crippen LogP contribution in [-0.2, 0) is 0 Å². The molecule has 154 valence electrons. The molecule has 3 aromatic carbocycles. The first-order valence-electron chi connectivity index (χ1n) is 10.3. The highest BCUT2D eigenvalue weighted by atomic mass is 16.5. The Morgan fingerprint density at radius 3 is 2.09 bits per heavy atom. The first kappa shape index (κ1) is 17.3. The van der Waals surface area contributed by atoms with Crippen LogP contribution in [0.1, 0.15) is 0 Å². The van der Waals surface area contributed by atoms with Gasteiger partial charge < -0.3 is 22.4 Å². The lowest BCUT2D eigenvalue weighted by atomic mass is 9.97. The first-order valence-corrected chi connectivity index (χ1v) is 10.3. The topological polar surface area (TPSA) is 61.8 Å². The van der Waals surface area contributed by atoms with Crippen LogP contribution in [0.3, 0.4) is 0 Å². The van der Waals surface area contributed by atoms with Crippen LogP contribution in [0, 0.1) is 0 Å². The van der Waals surface area contributed by atoms with Crippen LogP contribution in [0.5, 0.6) is 5.75 Å². The van der Waals surface area contributed by atoms with E-state index in [0.717, 1.165) is 55.0 Å². The summed E-state index contributed by atoms with van der Waals surface area (Å²) in [5.74, 6) is 1.70. The molecule has 0 saturated heterocycles. The predicted octanol–water partition coefficient (Wildman–Crippen LogP) is 8.01. The van der Waals surface area contributed by atoms with Crippen LogP contribution < -0.4 is 4.74 Å². The molecule has 32 heavy (non-hydrogen) atoms. The van der Waals surface area contributed by atoms with Crippen molar-refractivity contribution in [3.8, 4) is 28.0 Å². The molecule has 0 N–H and O–H groups in total. The average molecular weight is 420 g/mol. The maximum atomic E-state index is 5.82. The van der Waals surface area contributed by atoms with E-state index in [9.17, 15) is 0 Å². The molecule has 0 aliphatic carbocycles. The van der Waals surface area contributed by atoms with E-state index >= 15 is 0 Å². The van der Waals surface area contributed by atoms with E-state index in [1.54, 1.807) is 19.6 Å². The number of hydrogen-bond donors (Lipinski definition) is 0. The molecular formula is C27H16O5. The Morgan fingerprint density at radius 1 is 0.625 bits per heavy atom. The van der Waals surface area contributed by atoms with Gasteiger partial charge in [-0.25, -0.2) is 0 Å². The Labute approximate surface area is 181 Å². The van der Waals surface area contributed by atoms with Crippen LogP contribution in [0.25, 0.3) is 66.5 Å². The van der Waals surface area contributed by atoms with Crippen molar-refractivity contribution in [1.29, 1.82) is 0 Å². The Morgan fingerprint density at radius 2 is 1.31 bits per heavy atom. The van der Waals surface area contributed by atoms with E-state index < -0.39 is 0 Å². The van der Waals surface area contributed by atoms with Crippen LogP contribution in [-0.4, -0.2) is 7.11 Å². The minimum atomic E-state index is 0.474. The van der Waals surface area contributed by atoms with E-state index in [4.69, 9.17) is 22.4 Å². The Balaban J connectivity index is 1.37. The molecule has 4 aromatic heterocycles. The fourth-order valence-electron chi connectivity index (χ4n) is 4.45. The van der Waals surface area contributed by atoms with Crippen molar-refractivity contribution in [3.63, 3.8) is 0 Å². The van der Waals surface area contributed by atoms with Crippen molar-refractivity contribution in [2.24, 2.45) is 0 Å². The summed E-state index contributed by atoms with van der Waals surface area (Å²) in [6.45, 7) is 0. The van der Waals surface area contributed by atoms with Gasteiger partial charge in [0.25, 0.3) is 5.78 Å². The van der Waals surface area contributed by atoms with Crippen molar-refractivity contribution in [1.82, 2.24) is 0 Å². The molecule has 0 bridgehead atoms. The maximum absolute atomic E-state index is 5.82. The zero-order chi connectivity index (χ0) is 21.2. The van der Waals surface area contributed by atoms with Crippen LogP contribution in [0.15, 0.2) is 96.9 Å². The first-order chi connectivity index (χ1) is 15.8. The molecule has 5 heteroatoms. The Kier molecular flexibility index (Phi) is 3.41. The monoisotopic (exact) mass is 420 g/mol. The highest BCUT2D eigenvalue weighted by molar-refractivity contribution is 6.08. The highest BCUT2D eigenvalue weighted by Crippen LogP contribution is 2.39. The van der Waals surface area contributed by atoms with E-state index in [2.05, 4.69) is 48.5 Å². The molecule has 7 aromatic rings. The number of benzene rings is 3. The van der Waals surface area contributed by atoms with Gasteiger partial charge in [-0.3, -0.25) is 0 Å². The molecule has 7 rings (SSSR count). The SMILES string of the molecule is COc1coc2oc3ccc(-c4cccc(-c5ccc6oc7occc7c6c5)c4)cc3c12. The third kappa shape index (κ3) is 2.39. The molecule has 0 amide bonds. The number of fused-ring (bicyclic) bond motifs is 6. The third-order valence-corrected chi connectivity index (χ3v) is 6.03. The van der Waals surface area contributed by atoms with Gasteiger partial charge in [-0.15, -0.1) is 0 Å². The molecule has 0 aliphatic heterocycles. The summed E-state index contributed by atoms with van der Waals surface area (Å²) < 4.78 is 27.9. The van der Waals surface area contributed by atoms with Crippen LogP contribution >= 0.6 is 0 Å². The fraction of sp³-hybridized carbons (Fsp3) is 0.0370. The van der Waals surface area contributed by atoms with Gasteiger partial charge in [-0.05, 0) is 58.7 Å². The van der Waals surface area contributed by atoms with Gasteiger partial charge in [0.1, 0.15) is 22.8 Å². The van der Waals surface area contributed by atoms with E-state index in [-0.39, 0.29) is 0 Å². The maximum Gasteiger partial charge on any atom is 0.302 e. The Bertz CT molecular complexity index is 1770. The quantitative estimate of drug-likeness (QED) is 0.290. The van der Waals surface area contributed by atoms with E-state index in [0.29, 0.717) is 17.3 Å². The largest absolute Gasteiger partial charge is 0.493 e. The van der Waals surface area contributed by atoms with E-state index in [1.807, 2.05) is 18.2 Å². The average Bonchev–Trinajstić information content (AvgIpc) is 3.58. The molecular weight excluding hydrogens is 404 g/mol. The summed E-state index contributed by atoms with van der Waals surface area (Å²) >= 11 is 0. The molecule has 5 nitrogen and oxygen atoms in total. The normalized spacial score (nSPS) is 11.9. The zero-order valence-electron chi connectivity index (χ0n) is 17.0. The molecule has 4 heterocycles. The van der Waals surface area contributed by atoms with Gasteiger partial charge >= 0.3 is 5.78 Å². The zero-order valence-corrected chi connectivity index (χ0v) is 17.0. The van der Waals surface area contributed by atoms with Crippen molar-refractivity contribution in [3.05, 3.63) is 79.3 Å². The fourth-order valence-corrected chi connectivity index (χ4v) is 4.45. The van der Waals surface area contributed by atoms with Gasteiger partial charge in [0, 0.05) is 10.8 Å². The van der Waals surface area contributed by atoms with Gasteiger partial charge in [0.05, 0.1) is 18.8 Å². The third-order valence-electron chi connectivity index (χ3n) is 6.03. The minimum absolute atomic E-state index is 0.474. The second kappa shape index (κ2) is 6.31. The predicted molar refractivity (Wildman–Crippen MR) is 123 cm³/mol. The van der Waals surface area contributed by atoms with Crippen molar-refractivity contribution in [2.75, 3.05) is 7.11 Å². The second-order valence-electron chi connectivity index (χ2n) is 7.80. The molecule has 0 atom stereocenters. The van der Waals surface area contributed by atoms with Gasteiger partial charge in [-0.2, -0.15) is 0 Å².